The normalized spacial score (nSPS) is 16.9. The number of carbonyl (C=O) groups excluding carboxylic acids is 2. The first kappa shape index (κ1) is 27.8. The standard InChI is InChI=1S/C33H31ClN6O2S/c34-27-18-24(11-8-22-6-9-23(10-7-22)19-38-13-2-1-3-14-38)17-25-26(27)20-40(32(25)42)30(31(41)37-33-35-12-16-43-33)29-28-5-4-15-39(28)21-36-29/h6-7,9-10,12,16-18,21,30H,1-5,13-15,19-20H2,(H,35,37,41). The van der Waals surface area contributed by atoms with Gasteiger partial charge in [0.05, 0.1) is 12.0 Å². The number of nitrogens with one attached hydrogen (secondary N) is 1. The van der Waals surface area contributed by atoms with E-state index in [0.717, 1.165) is 37.2 Å². The van der Waals surface area contributed by atoms with E-state index in [2.05, 4.69) is 48.7 Å². The summed E-state index contributed by atoms with van der Waals surface area (Å²) < 4.78 is 2.06. The number of halogens is 1. The number of likely N-dealkylation sites (tertiary alicyclic amines) is 1. The number of piperidine rings is 1. The summed E-state index contributed by atoms with van der Waals surface area (Å²) >= 11 is 8.07. The lowest BCUT2D eigenvalue weighted by Crippen LogP contribution is -2.38. The van der Waals surface area contributed by atoms with Crippen molar-refractivity contribution in [3.05, 3.63) is 98.5 Å². The smallest absolute Gasteiger partial charge is 0.255 e. The molecule has 4 aromatic rings. The van der Waals surface area contributed by atoms with E-state index in [1.807, 2.05) is 12.1 Å². The number of nitrogens with zero attached hydrogens (tertiary/aromatic N) is 5. The highest BCUT2D eigenvalue weighted by Crippen LogP contribution is 2.38. The Bertz CT molecular complexity index is 1730. The fraction of sp³-hybridized carbons (Fsp3) is 0.333. The van der Waals surface area contributed by atoms with Crippen molar-refractivity contribution >= 4 is 39.9 Å². The van der Waals surface area contributed by atoms with Crippen LogP contribution in [-0.2, 0) is 30.8 Å². The highest BCUT2D eigenvalue weighted by molar-refractivity contribution is 7.13. The number of thiazole rings is 1. The van der Waals surface area contributed by atoms with Crippen molar-refractivity contribution in [1.29, 1.82) is 0 Å². The molecule has 1 saturated heterocycles. The van der Waals surface area contributed by atoms with E-state index in [1.54, 1.807) is 34.9 Å². The van der Waals surface area contributed by atoms with Crippen LogP contribution < -0.4 is 5.32 Å². The molecule has 3 aliphatic rings. The predicted molar refractivity (Wildman–Crippen MR) is 167 cm³/mol. The van der Waals surface area contributed by atoms with Crippen molar-refractivity contribution in [3.8, 4) is 11.8 Å². The van der Waals surface area contributed by atoms with Crippen molar-refractivity contribution in [3.63, 3.8) is 0 Å². The topological polar surface area (TPSA) is 83.4 Å². The zero-order valence-electron chi connectivity index (χ0n) is 23.7. The number of aryl methyl sites for hydroxylation is 1. The maximum absolute atomic E-state index is 13.9. The maximum atomic E-state index is 13.9. The summed E-state index contributed by atoms with van der Waals surface area (Å²) in [6.45, 7) is 4.36. The molecule has 0 bridgehead atoms. The van der Waals surface area contributed by atoms with E-state index in [1.165, 1.54) is 49.3 Å². The molecule has 7 rings (SSSR count). The van der Waals surface area contributed by atoms with Gasteiger partial charge in [0.2, 0.25) is 0 Å². The summed E-state index contributed by atoms with van der Waals surface area (Å²) in [5.41, 5.74) is 5.60. The Hall–Kier alpha value is -3.97. The molecule has 0 radical (unpaired) electrons. The molecule has 0 spiro atoms. The second kappa shape index (κ2) is 12.0. The molecule has 1 fully saturated rings. The van der Waals surface area contributed by atoms with Crippen LogP contribution in [0.25, 0.3) is 0 Å². The van der Waals surface area contributed by atoms with Crippen molar-refractivity contribution in [2.75, 3.05) is 18.4 Å². The van der Waals surface area contributed by atoms with E-state index in [0.29, 0.717) is 32.5 Å². The van der Waals surface area contributed by atoms with Gasteiger partial charge in [-0.25, -0.2) is 9.97 Å². The van der Waals surface area contributed by atoms with Gasteiger partial charge in [0, 0.05) is 64.2 Å². The quantitative estimate of drug-likeness (QED) is 0.285. The lowest BCUT2D eigenvalue weighted by atomic mass is 10.1. The average molecular weight is 611 g/mol. The fourth-order valence-corrected chi connectivity index (χ4v) is 7.10. The van der Waals surface area contributed by atoms with Crippen molar-refractivity contribution < 1.29 is 9.59 Å². The van der Waals surface area contributed by atoms with E-state index >= 15 is 0 Å². The lowest BCUT2D eigenvalue weighted by Gasteiger charge is -2.26. The van der Waals surface area contributed by atoms with Crippen LogP contribution in [-0.4, -0.2) is 49.2 Å². The van der Waals surface area contributed by atoms with Crippen LogP contribution in [0.2, 0.25) is 5.02 Å². The Morgan fingerprint density at radius 1 is 1.02 bits per heavy atom. The first-order valence-electron chi connectivity index (χ1n) is 14.7. The molecular weight excluding hydrogens is 580 g/mol. The van der Waals surface area contributed by atoms with E-state index in [4.69, 9.17) is 11.6 Å². The first-order chi connectivity index (χ1) is 21.0. The monoisotopic (exact) mass is 610 g/mol. The molecule has 2 aromatic heterocycles. The molecule has 218 valence electrons. The molecule has 43 heavy (non-hydrogen) atoms. The first-order valence-corrected chi connectivity index (χ1v) is 16.0. The summed E-state index contributed by atoms with van der Waals surface area (Å²) in [5.74, 6) is 5.81. The Morgan fingerprint density at radius 3 is 2.63 bits per heavy atom. The Labute approximate surface area is 259 Å². The largest absolute Gasteiger partial charge is 0.334 e. The Morgan fingerprint density at radius 2 is 1.84 bits per heavy atom. The number of anilines is 1. The molecule has 2 aromatic carbocycles. The second-order valence-corrected chi connectivity index (χ2v) is 12.6. The van der Waals surface area contributed by atoms with Gasteiger partial charge in [-0.05, 0) is 68.6 Å². The molecule has 10 heteroatoms. The van der Waals surface area contributed by atoms with Crippen molar-refractivity contribution in [2.45, 2.75) is 57.8 Å². The molecular formula is C33H31ClN6O2S. The number of benzene rings is 2. The number of fused-ring (bicyclic) bond motifs is 2. The Kier molecular flexibility index (Phi) is 7.74. The number of hydrogen-bond donors (Lipinski definition) is 1. The van der Waals surface area contributed by atoms with Gasteiger partial charge in [-0.15, -0.1) is 11.3 Å². The number of imidazole rings is 1. The molecule has 3 aliphatic heterocycles. The maximum Gasteiger partial charge on any atom is 0.255 e. The number of aromatic nitrogens is 3. The van der Waals surface area contributed by atoms with Crippen LogP contribution in [0, 0.1) is 11.8 Å². The van der Waals surface area contributed by atoms with Crippen molar-refractivity contribution in [1.82, 2.24) is 24.3 Å². The van der Waals surface area contributed by atoms with Gasteiger partial charge in [-0.1, -0.05) is 42.0 Å². The summed E-state index contributed by atoms with van der Waals surface area (Å²) in [5, 5.41) is 5.62. The van der Waals surface area contributed by atoms with Crippen LogP contribution in [0.1, 0.15) is 75.7 Å². The SMILES string of the molecule is O=C(Nc1nccs1)C(c1ncn2c1CCC2)N1Cc2c(Cl)cc(C#Cc3ccc(CN4CCCCC4)cc3)cc2C1=O. The fourth-order valence-electron chi connectivity index (χ4n) is 6.28. The number of rotatable bonds is 6. The van der Waals surface area contributed by atoms with Gasteiger partial charge in [0.1, 0.15) is 0 Å². The summed E-state index contributed by atoms with van der Waals surface area (Å²) in [4.78, 5) is 40.5. The van der Waals surface area contributed by atoms with E-state index in [9.17, 15) is 9.59 Å². The van der Waals surface area contributed by atoms with Gasteiger partial charge in [0.25, 0.3) is 11.8 Å². The third-order valence-corrected chi connectivity index (χ3v) is 9.47. The highest BCUT2D eigenvalue weighted by atomic mass is 35.5. The molecule has 1 N–H and O–H groups in total. The van der Waals surface area contributed by atoms with Crippen LogP contribution in [0.15, 0.2) is 54.3 Å². The molecule has 1 atom stereocenters. The molecule has 8 nitrogen and oxygen atoms in total. The third kappa shape index (κ3) is 5.70. The zero-order chi connectivity index (χ0) is 29.3. The third-order valence-electron chi connectivity index (χ3n) is 8.45. The van der Waals surface area contributed by atoms with Crippen LogP contribution in [0.3, 0.4) is 0 Å². The molecule has 5 heterocycles. The van der Waals surface area contributed by atoms with Gasteiger partial charge in [-0.3, -0.25) is 19.8 Å². The summed E-state index contributed by atoms with van der Waals surface area (Å²) in [7, 11) is 0. The molecule has 1 unspecified atom stereocenters. The number of carbonyl (C=O) groups is 2. The average Bonchev–Trinajstić information content (AvgIpc) is 3.82. The molecule has 2 amide bonds. The molecule has 0 aliphatic carbocycles. The minimum Gasteiger partial charge on any atom is -0.334 e. The summed E-state index contributed by atoms with van der Waals surface area (Å²) in [6.07, 6.45) is 9.07. The highest BCUT2D eigenvalue weighted by Gasteiger charge is 2.41. The minimum absolute atomic E-state index is 0.210. The van der Waals surface area contributed by atoms with Gasteiger partial charge in [0.15, 0.2) is 11.2 Å². The number of hydrogen-bond acceptors (Lipinski definition) is 6. The van der Waals surface area contributed by atoms with Gasteiger partial charge >= 0.3 is 0 Å². The van der Waals surface area contributed by atoms with Crippen LogP contribution in [0.4, 0.5) is 5.13 Å². The van der Waals surface area contributed by atoms with Crippen LogP contribution in [0.5, 0.6) is 0 Å². The van der Waals surface area contributed by atoms with Crippen molar-refractivity contribution in [2.24, 2.45) is 0 Å². The lowest BCUT2D eigenvalue weighted by molar-refractivity contribution is -0.121. The van der Waals surface area contributed by atoms with E-state index in [-0.39, 0.29) is 18.4 Å². The van der Waals surface area contributed by atoms with Gasteiger partial charge in [-0.2, -0.15) is 0 Å². The zero-order valence-corrected chi connectivity index (χ0v) is 25.3. The van der Waals surface area contributed by atoms with Gasteiger partial charge < -0.3 is 9.47 Å². The predicted octanol–water partition coefficient (Wildman–Crippen LogP) is 5.66. The Balaban J connectivity index is 1.13. The van der Waals surface area contributed by atoms with E-state index < -0.39 is 6.04 Å². The second-order valence-electron chi connectivity index (χ2n) is 11.3. The minimum atomic E-state index is -0.910. The van der Waals surface area contributed by atoms with Crippen LogP contribution >= 0.6 is 22.9 Å². The summed E-state index contributed by atoms with van der Waals surface area (Å²) in [6, 6.07) is 11.0. The molecule has 0 saturated carbocycles. The number of amides is 2.